The number of amides is 1. The number of aryl methyl sites for hydroxylation is 1. The summed E-state index contributed by atoms with van der Waals surface area (Å²) >= 11 is 0. The molecule has 7 rings (SSSR count). The molecule has 3 aliphatic heterocycles. The number of nitrogens with zero attached hydrogens (tertiary/aromatic N) is 7. The van der Waals surface area contributed by atoms with E-state index in [1.807, 2.05) is 4.52 Å². The first-order valence-electron chi connectivity index (χ1n) is 14.9. The Hall–Kier alpha value is -3.46. The van der Waals surface area contributed by atoms with Gasteiger partial charge in [0, 0.05) is 36.5 Å². The van der Waals surface area contributed by atoms with Crippen LogP contribution in [0.2, 0.25) is 0 Å². The second kappa shape index (κ2) is 9.58. The second-order valence-corrected chi connectivity index (χ2v) is 12.6. The molecule has 4 aromatic heterocycles. The van der Waals surface area contributed by atoms with Crippen LogP contribution in [0.3, 0.4) is 0 Å². The SMILES string of the molecule is Cc1c(-c2[nH]c3ccc(N4[C@H]5C[C@H](C)[C@H]4CN(C(=O)CN4CCCC4)C5)nc3c2C(C)C)cn2ncnc2c1C. The van der Waals surface area contributed by atoms with E-state index >= 15 is 0 Å². The van der Waals surface area contributed by atoms with Gasteiger partial charge in [-0.15, -0.1) is 0 Å². The minimum Gasteiger partial charge on any atom is -0.353 e. The molecule has 4 aromatic rings. The molecule has 0 unspecified atom stereocenters. The predicted molar refractivity (Wildman–Crippen MR) is 158 cm³/mol. The van der Waals surface area contributed by atoms with E-state index in [0.29, 0.717) is 30.5 Å². The quantitative estimate of drug-likeness (QED) is 0.400. The van der Waals surface area contributed by atoms with Crippen LogP contribution in [0.1, 0.15) is 62.6 Å². The number of rotatable bonds is 5. The number of aromatic amines is 1. The van der Waals surface area contributed by atoms with Gasteiger partial charge in [-0.05, 0) is 81.3 Å². The molecule has 1 amide bonds. The summed E-state index contributed by atoms with van der Waals surface area (Å²) in [7, 11) is 0. The summed E-state index contributed by atoms with van der Waals surface area (Å²) in [4.78, 5) is 33.7. The molecule has 0 spiro atoms. The van der Waals surface area contributed by atoms with Gasteiger partial charge in [0.25, 0.3) is 0 Å². The van der Waals surface area contributed by atoms with Gasteiger partial charge in [-0.2, -0.15) is 5.10 Å². The maximum atomic E-state index is 13.2. The van der Waals surface area contributed by atoms with Crippen LogP contribution in [0.4, 0.5) is 5.82 Å². The van der Waals surface area contributed by atoms with Gasteiger partial charge < -0.3 is 14.8 Å². The molecule has 0 aliphatic carbocycles. The number of pyridine rings is 2. The standard InChI is InChI=1S/C31H40N8O/c1-18(2)28-29(23-14-38-31(32-17-33-38)21(5)20(23)4)34-24-8-9-26(35-30(24)28)39-22-12-19(3)25(39)15-37(13-22)27(40)16-36-10-6-7-11-36/h8-9,14,17-19,22,25,34H,6-7,10-13,15-16H2,1-5H3/t19-,22-,25+/m0/s1. The molecule has 0 saturated carbocycles. The molecule has 0 aromatic carbocycles. The Kier molecular flexibility index (Phi) is 6.11. The van der Waals surface area contributed by atoms with Gasteiger partial charge in [-0.1, -0.05) is 20.8 Å². The van der Waals surface area contributed by atoms with E-state index in [9.17, 15) is 4.79 Å². The van der Waals surface area contributed by atoms with Crippen LogP contribution >= 0.6 is 0 Å². The molecule has 2 bridgehead atoms. The van der Waals surface area contributed by atoms with Crippen LogP contribution in [0, 0.1) is 19.8 Å². The van der Waals surface area contributed by atoms with E-state index in [1.165, 1.54) is 24.0 Å². The maximum Gasteiger partial charge on any atom is 0.236 e. The Bertz CT molecular complexity index is 1600. The van der Waals surface area contributed by atoms with Crippen molar-refractivity contribution in [1.29, 1.82) is 0 Å². The zero-order valence-corrected chi connectivity index (χ0v) is 24.3. The Balaban J connectivity index is 1.24. The topological polar surface area (TPSA) is 85.7 Å². The fourth-order valence-electron chi connectivity index (χ4n) is 7.47. The Morgan fingerprint density at radius 1 is 1.12 bits per heavy atom. The van der Waals surface area contributed by atoms with Crippen molar-refractivity contribution >= 4 is 28.4 Å². The molecule has 3 saturated heterocycles. The number of piperazine rings is 1. The van der Waals surface area contributed by atoms with Crippen molar-refractivity contribution in [2.75, 3.05) is 37.6 Å². The number of anilines is 1. The van der Waals surface area contributed by atoms with Crippen LogP contribution < -0.4 is 4.90 Å². The molecule has 3 atom stereocenters. The van der Waals surface area contributed by atoms with Gasteiger partial charge in [0.2, 0.25) is 5.91 Å². The highest BCUT2D eigenvalue weighted by molar-refractivity contribution is 5.90. The number of fused-ring (bicyclic) bond motifs is 4. The summed E-state index contributed by atoms with van der Waals surface area (Å²) in [6, 6.07) is 4.97. The average Bonchev–Trinajstić information content (AvgIpc) is 3.71. The number of hydrogen-bond acceptors (Lipinski definition) is 6. The van der Waals surface area contributed by atoms with Crippen LogP contribution in [-0.4, -0.2) is 85.1 Å². The molecular weight excluding hydrogens is 500 g/mol. The lowest BCUT2D eigenvalue weighted by molar-refractivity contribution is -0.133. The average molecular weight is 541 g/mol. The first kappa shape index (κ1) is 25.5. The van der Waals surface area contributed by atoms with E-state index in [0.717, 1.165) is 71.9 Å². The van der Waals surface area contributed by atoms with Gasteiger partial charge in [-0.3, -0.25) is 9.69 Å². The second-order valence-electron chi connectivity index (χ2n) is 12.6. The molecule has 3 fully saturated rings. The van der Waals surface area contributed by atoms with E-state index in [1.54, 1.807) is 6.33 Å². The minimum absolute atomic E-state index is 0.286. The first-order chi connectivity index (χ1) is 19.3. The first-order valence-corrected chi connectivity index (χ1v) is 14.9. The minimum atomic E-state index is 0.286. The lowest BCUT2D eigenvalue weighted by atomic mass is 9.95. The van der Waals surface area contributed by atoms with Crippen LogP contribution in [0.15, 0.2) is 24.7 Å². The molecule has 1 N–H and O–H groups in total. The highest BCUT2D eigenvalue weighted by atomic mass is 16.2. The van der Waals surface area contributed by atoms with Crippen molar-refractivity contribution in [2.24, 2.45) is 5.92 Å². The summed E-state index contributed by atoms with van der Waals surface area (Å²) in [5, 5.41) is 4.43. The molecule has 40 heavy (non-hydrogen) atoms. The third-order valence-electron chi connectivity index (χ3n) is 9.70. The smallest absolute Gasteiger partial charge is 0.236 e. The zero-order chi connectivity index (χ0) is 27.7. The molecule has 0 radical (unpaired) electrons. The van der Waals surface area contributed by atoms with Gasteiger partial charge in [0.15, 0.2) is 5.65 Å². The van der Waals surface area contributed by atoms with Crippen molar-refractivity contribution in [3.05, 3.63) is 41.3 Å². The summed E-state index contributed by atoms with van der Waals surface area (Å²) in [6.07, 6.45) is 7.23. The highest BCUT2D eigenvalue weighted by Gasteiger charge is 2.46. The third kappa shape index (κ3) is 4.00. The Labute approximate surface area is 235 Å². The fourth-order valence-corrected chi connectivity index (χ4v) is 7.47. The molecule has 3 aliphatic rings. The molecule has 7 heterocycles. The van der Waals surface area contributed by atoms with Crippen molar-refractivity contribution in [3.8, 4) is 11.3 Å². The zero-order valence-electron chi connectivity index (χ0n) is 24.3. The summed E-state index contributed by atoms with van der Waals surface area (Å²) < 4.78 is 1.87. The normalized spacial score (nSPS) is 23.4. The Morgan fingerprint density at radius 3 is 2.67 bits per heavy atom. The largest absolute Gasteiger partial charge is 0.353 e. The van der Waals surface area contributed by atoms with Crippen molar-refractivity contribution in [1.82, 2.24) is 34.4 Å². The number of H-pyrrole nitrogens is 1. The van der Waals surface area contributed by atoms with Gasteiger partial charge in [-0.25, -0.2) is 14.5 Å². The third-order valence-corrected chi connectivity index (χ3v) is 9.70. The van der Waals surface area contributed by atoms with E-state index in [4.69, 9.17) is 4.98 Å². The van der Waals surface area contributed by atoms with Crippen molar-refractivity contribution < 1.29 is 4.79 Å². The van der Waals surface area contributed by atoms with Crippen molar-refractivity contribution in [2.45, 2.75) is 71.9 Å². The Morgan fingerprint density at radius 2 is 1.93 bits per heavy atom. The van der Waals surface area contributed by atoms with E-state index < -0.39 is 0 Å². The highest BCUT2D eigenvalue weighted by Crippen LogP contribution is 2.41. The predicted octanol–water partition coefficient (Wildman–Crippen LogP) is 4.53. The number of hydrogen-bond donors (Lipinski definition) is 1. The molecule has 9 nitrogen and oxygen atoms in total. The fraction of sp³-hybridized carbons (Fsp3) is 0.548. The molecule has 9 heteroatoms. The van der Waals surface area contributed by atoms with Gasteiger partial charge in [0.05, 0.1) is 29.3 Å². The number of likely N-dealkylation sites (tertiary alicyclic amines) is 2. The number of carbonyl (C=O) groups excluding carboxylic acids is 1. The van der Waals surface area contributed by atoms with Crippen LogP contribution in [0.25, 0.3) is 27.9 Å². The summed E-state index contributed by atoms with van der Waals surface area (Å²) in [5.74, 6) is 2.14. The summed E-state index contributed by atoms with van der Waals surface area (Å²) in [5.41, 5.74) is 8.82. The van der Waals surface area contributed by atoms with Gasteiger partial charge in [0.1, 0.15) is 12.1 Å². The van der Waals surface area contributed by atoms with Gasteiger partial charge >= 0.3 is 0 Å². The lowest BCUT2D eigenvalue weighted by Gasteiger charge is -2.42. The van der Waals surface area contributed by atoms with E-state index in [2.05, 4.69) is 82.7 Å². The number of aromatic nitrogens is 5. The monoisotopic (exact) mass is 540 g/mol. The molecular formula is C31H40N8O. The number of carbonyl (C=O) groups is 1. The van der Waals surface area contributed by atoms with Crippen LogP contribution in [0.5, 0.6) is 0 Å². The number of nitrogens with one attached hydrogen (secondary N) is 1. The lowest BCUT2D eigenvalue weighted by Crippen LogP contribution is -2.57. The van der Waals surface area contributed by atoms with E-state index in [-0.39, 0.29) is 5.92 Å². The molecule has 210 valence electrons. The maximum absolute atomic E-state index is 13.2. The summed E-state index contributed by atoms with van der Waals surface area (Å²) in [6.45, 7) is 15.4. The van der Waals surface area contributed by atoms with Crippen molar-refractivity contribution in [3.63, 3.8) is 0 Å². The van der Waals surface area contributed by atoms with Crippen LogP contribution in [-0.2, 0) is 4.79 Å².